The van der Waals surface area contributed by atoms with Gasteiger partial charge in [0, 0.05) is 12.6 Å². The molecule has 0 aromatic rings. The van der Waals surface area contributed by atoms with Crippen LogP contribution >= 0.6 is 12.6 Å². The van der Waals surface area contributed by atoms with E-state index in [2.05, 4.69) is 50.4 Å². The van der Waals surface area contributed by atoms with Crippen LogP contribution in [0.4, 0.5) is 0 Å². The lowest BCUT2D eigenvalue weighted by molar-refractivity contribution is 0.0925. The second kappa shape index (κ2) is 8.53. The van der Waals surface area contributed by atoms with Crippen molar-refractivity contribution < 1.29 is 0 Å². The Bertz CT molecular complexity index is 231. The Labute approximate surface area is 126 Å². The van der Waals surface area contributed by atoms with Crippen molar-refractivity contribution in [1.82, 2.24) is 9.80 Å². The van der Waals surface area contributed by atoms with Crippen molar-refractivity contribution in [3.05, 3.63) is 0 Å². The SMILES string of the molecule is CCCC(CS)(CCC)CN(C)C1CCN(C)CC1. The molecule has 1 fully saturated rings. The molecule has 0 aromatic carbocycles. The Morgan fingerprint density at radius 1 is 1.16 bits per heavy atom. The van der Waals surface area contributed by atoms with Crippen molar-refractivity contribution in [3.8, 4) is 0 Å². The van der Waals surface area contributed by atoms with Crippen LogP contribution in [0.1, 0.15) is 52.4 Å². The van der Waals surface area contributed by atoms with Crippen LogP contribution in [0.5, 0.6) is 0 Å². The van der Waals surface area contributed by atoms with E-state index in [0.717, 1.165) is 11.8 Å². The topological polar surface area (TPSA) is 6.48 Å². The summed E-state index contributed by atoms with van der Waals surface area (Å²) in [5, 5.41) is 0. The molecule has 0 radical (unpaired) electrons. The van der Waals surface area contributed by atoms with Gasteiger partial charge in [-0.1, -0.05) is 26.7 Å². The summed E-state index contributed by atoms with van der Waals surface area (Å²) in [6, 6.07) is 0.782. The largest absolute Gasteiger partial charge is 0.306 e. The Kier molecular flexibility index (Phi) is 7.78. The minimum Gasteiger partial charge on any atom is -0.306 e. The summed E-state index contributed by atoms with van der Waals surface area (Å²) in [4.78, 5) is 5.09. The second-order valence-electron chi connectivity index (χ2n) is 6.61. The first-order valence-electron chi connectivity index (χ1n) is 8.06. The average molecular weight is 287 g/mol. The number of thiol groups is 1. The van der Waals surface area contributed by atoms with Crippen molar-refractivity contribution >= 4 is 12.6 Å². The first-order valence-corrected chi connectivity index (χ1v) is 8.69. The van der Waals surface area contributed by atoms with Crippen LogP contribution in [0.2, 0.25) is 0 Å². The van der Waals surface area contributed by atoms with Gasteiger partial charge >= 0.3 is 0 Å². The van der Waals surface area contributed by atoms with E-state index in [1.165, 1.54) is 58.2 Å². The molecule has 1 aliphatic heterocycles. The summed E-state index contributed by atoms with van der Waals surface area (Å²) in [6.07, 6.45) is 7.86. The molecule has 114 valence electrons. The van der Waals surface area contributed by atoms with Gasteiger partial charge in [-0.15, -0.1) is 0 Å². The third-order valence-electron chi connectivity index (χ3n) is 4.79. The maximum Gasteiger partial charge on any atom is 0.0117 e. The normalized spacial score (nSPS) is 19.3. The fourth-order valence-electron chi connectivity index (χ4n) is 3.65. The number of hydrogen-bond acceptors (Lipinski definition) is 3. The third-order valence-corrected chi connectivity index (χ3v) is 5.46. The van der Waals surface area contributed by atoms with Crippen molar-refractivity contribution in [2.75, 3.05) is 39.5 Å². The Morgan fingerprint density at radius 2 is 1.68 bits per heavy atom. The maximum absolute atomic E-state index is 4.69. The molecule has 0 atom stereocenters. The van der Waals surface area contributed by atoms with E-state index in [9.17, 15) is 0 Å². The molecule has 0 N–H and O–H groups in total. The van der Waals surface area contributed by atoms with Gasteiger partial charge in [0.2, 0.25) is 0 Å². The molecule has 0 amide bonds. The van der Waals surface area contributed by atoms with Crippen LogP contribution < -0.4 is 0 Å². The van der Waals surface area contributed by atoms with E-state index in [1.807, 2.05) is 0 Å². The summed E-state index contributed by atoms with van der Waals surface area (Å²) in [6.45, 7) is 8.36. The van der Waals surface area contributed by atoms with E-state index >= 15 is 0 Å². The maximum atomic E-state index is 4.69. The first kappa shape index (κ1) is 17.3. The van der Waals surface area contributed by atoms with E-state index < -0.39 is 0 Å². The highest BCUT2D eigenvalue weighted by Crippen LogP contribution is 2.33. The van der Waals surface area contributed by atoms with Gasteiger partial charge in [-0.25, -0.2) is 0 Å². The van der Waals surface area contributed by atoms with Crippen LogP contribution in [0.15, 0.2) is 0 Å². The quantitative estimate of drug-likeness (QED) is 0.682. The van der Waals surface area contributed by atoms with E-state index in [-0.39, 0.29) is 0 Å². The molecule has 19 heavy (non-hydrogen) atoms. The predicted molar refractivity (Wildman–Crippen MR) is 89.3 cm³/mol. The van der Waals surface area contributed by atoms with Gasteiger partial charge in [-0.2, -0.15) is 12.6 Å². The van der Waals surface area contributed by atoms with Crippen LogP contribution in [0, 0.1) is 5.41 Å². The van der Waals surface area contributed by atoms with Crippen molar-refractivity contribution in [2.24, 2.45) is 5.41 Å². The molecule has 1 rings (SSSR count). The van der Waals surface area contributed by atoms with Crippen LogP contribution in [-0.4, -0.2) is 55.3 Å². The van der Waals surface area contributed by atoms with Gasteiger partial charge < -0.3 is 9.80 Å². The lowest BCUT2D eigenvalue weighted by Gasteiger charge is -2.41. The average Bonchev–Trinajstić information content (AvgIpc) is 2.40. The van der Waals surface area contributed by atoms with Crippen molar-refractivity contribution in [1.29, 1.82) is 0 Å². The zero-order valence-electron chi connectivity index (χ0n) is 13.5. The number of nitrogens with zero attached hydrogens (tertiary/aromatic N) is 2. The smallest absolute Gasteiger partial charge is 0.0117 e. The van der Waals surface area contributed by atoms with Crippen LogP contribution in [0.3, 0.4) is 0 Å². The number of piperidine rings is 1. The molecule has 2 nitrogen and oxygen atoms in total. The van der Waals surface area contributed by atoms with E-state index in [4.69, 9.17) is 0 Å². The van der Waals surface area contributed by atoms with Crippen LogP contribution in [0.25, 0.3) is 0 Å². The molecular formula is C16H34N2S. The van der Waals surface area contributed by atoms with Gasteiger partial charge in [-0.3, -0.25) is 0 Å². The third kappa shape index (κ3) is 5.28. The summed E-state index contributed by atoms with van der Waals surface area (Å²) >= 11 is 4.69. The minimum absolute atomic E-state index is 0.435. The highest BCUT2D eigenvalue weighted by atomic mass is 32.1. The lowest BCUT2D eigenvalue weighted by atomic mass is 9.80. The zero-order chi connectivity index (χ0) is 14.3. The number of rotatable bonds is 8. The molecule has 1 heterocycles. The Hall–Kier alpha value is 0.270. The molecule has 3 heteroatoms. The Balaban J connectivity index is 2.56. The second-order valence-corrected chi connectivity index (χ2v) is 6.92. The van der Waals surface area contributed by atoms with Gasteiger partial charge in [0.25, 0.3) is 0 Å². The molecule has 0 aliphatic carbocycles. The highest BCUT2D eigenvalue weighted by molar-refractivity contribution is 7.80. The molecular weight excluding hydrogens is 252 g/mol. The number of hydrogen-bond donors (Lipinski definition) is 1. The van der Waals surface area contributed by atoms with Crippen molar-refractivity contribution in [3.63, 3.8) is 0 Å². The standard InChI is InChI=1S/C16H34N2S/c1-5-9-16(14-19,10-6-2)13-18(4)15-7-11-17(3)12-8-15/h15,19H,5-14H2,1-4H3. The summed E-state index contributed by atoms with van der Waals surface area (Å²) in [7, 11) is 4.57. The van der Waals surface area contributed by atoms with Gasteiger partial charge in [-0.05, 0) is 64.0 Å². The van der Waals surface area contributed by atoms with Gasteiger partial charge in [0.15, 0.2) is 0 Å². The van der Waals surface area contributed by atoms with E-state index in [1.54, 1.807) is 0 Å². The fraction of sp³-hybridized carbons (Fsp3) is 1.00. The molecule has 0 unspecified atom stereocenters. The zero-order valence-corrected chi connectivity index (χ0v) is 14.4. The lowest BCUT2D eigenvalue weighted by Crippen LogP contribution is -2.46. The minimum atomic E-state index is 0.435. The molecule has 0 bridgehead atoms. The molecule has 1 saturated heterocycles. The molecule has 0 saturated carbocycles. The molecule has 1 aliphatic rings. The summed E-state index contributed by atoms with van der Waals surface area (Å²) < 4.78 is 0. The van der Waals surface area contributed by atoms with Crippen LogP contribution in [-0.2, 0) is 0 Å². The van der Waals surface area contributed by atoms with E-state index in [0.29, 0.717) is 5.41 Å². The molecule has 0 spiro atoms. The monoisotopic (exact) mass is 286 g/mol. The van der Waals surface area contributed by atoms with Gasteiger partial charge in [0.05, 0.1) is 0 Å². The Morgan fingerprint density at radius 3 is 2.11 bits per heavy atom. The highest BCUT2D eigenvalue weighted by Gasteiger charge is 2.31. The number of likely N-dealkylation sites (tertiary alicyclic amines) is 1. The predicted octanol–water partition coefficient (Wildman–Crippen LogP) is 3.53. The summed E-state index contributed by atoms with van der Waals surface area (Å²) in [5.74, 6) is 1.03. The van der Waals surface area contributed by atoms with Gasteiger partial charge in [0.1, 0.15) is 0 Å². The fourth-order valence-corrected chi connectivity index (χ4v) is 4.06. The molecule has 0 aromatic heterocycles. The van der Waals surface area contributed by atoms with Crippen molar-refractivity contribution in [2.45, 2.75) is 58.4 Å². The first-order chi connectivity index (χ1) is 9.06. The summed E-state index contributed by atoms with van der Waals surface area (Å²) in [5.41, 5.74) is 0.435.